The van der Waals surface area contributed by atoms with E-state index in [0.717, 1.165) is 5.56 Å². The summed E-state index contributed by atoms with van der Waals surface area (Å²) in [5.41, 5.74) is 1.79. The second kappa shape index (κ2) is 7.10. The zero-order valence-corrected chi connectivity index (χ0v) is 11.8. The van der Waals surface area contributed by atoms with Crippen LogP contribution < -0.4 is 0 Å². The first-order valence-corrected chi connectivity index (χ1v) is 6.14. The molecule has 0 unspecified atom stereocenters. The van der Waals surface area contributed by atoms with Crippen LogP contribution in [0.4, 0.5) is 0 Å². The van der Waals surface area contributed by atoms with Gasteiger partial charge in [-0.1, -0.05) is 43.7 Å². The maximum atomic E-state index is 11.5. The van der Waals surface area contributed by atoms with Crippen LogP contribution in [0.25, 0.3) is 0 Å². The van der Waals surface area contributed by atoms with Crippen molar-refractivity contribution in [3.63, 3.8) is 0 Å². The molecule has 0 bridgehead atoms. The number of rotatable bonds is 2. The highest BCUT2D eigenvalue weighted by molar-refractivity contribution is 5.72. The first kappa shape index (κ1) is 15.7. The Bertz CT molecular complexity index is 331. The molecule has 0 fully saturated rings. The number of esters is 1. The fraction of sp³-hybridized carbons (Fsp3) is 0.533. The number of carbonyl (C=O) groups excluding carboxylic acids is 1. The molecule has 0 spiro atoms. The minimum absolute atomic E-state index is 0.175. The minimum atomic E-state index is -0.401. The van der Waals surface area contributed by atoms with Gasteiger partial charge in [0.05, 0.1) is 6.42 Å². The summed E-state index contributed by atoms with van der Waals surface area (Å²) in [5.74, 6) is -0.175. The van der Waals surface area contributed by atoms with Crippen molar-refractivity contribution in [1.82, 2.24) is 0 Å². The Morgan fingerprint density at radius 1 is 1.12 bits per heavy atom. The number of hydrogen-bond acceptors (Lipinski definition) is 2. The number of aryl methyl sites for hydroxylation is 1. The van der Waals surface area contributed by atoms with Crippen LogP contribution in [0.1, 0.15) is 45.7 Å². The molecular weight excluding hydrogens is 212 g/mol. The molecule has 1 rings (SSSR count). The highest BCUT2D eigenvalue weighted by Crippen LogP contribution is 2.10. The van der Waals surface area contributed by atoms with Crippen molar-refractivity contribution in [2.75, 3.05) is 0 Å². The van der Waals surface area contributed by atoms with E-state index < -0.39 is 5.60 Å². The molecule has 0 aliphatic heterocycles. The molecule has 0 radical (unpaired) electrons. The zero-order chi connectivity index (χ0) is 13.5. The average Bonchev–Trinajstić information content (AvgIpc) is 2.22. The summed E-state index contributed by atoms with van der Waals surface area (Å²) < 4.78 is 5.23. The fourth-order valence-corrected chi connectivity index (χ4v) is 1.25. The Labute approximate surface area is 105 Å². The van der Waals surface area contributed by atoms with Crippen molar-refractivity contribution in [2.24, 2.45) is 0 Å². The van der Waals surface area contributed by atoms with Gasteiger partial charge in [0.25, 0.3) is 0 Å². The summed E-state index contributed by atoms with van der Waals surface area (Å²) in [6.07, 6.45) is 0.345. The van der Waals surface area contributed by atoms with Crippen molar-refractivity contribution in [1.29, 1.82) is 0 Å². The summed E-state index contributed by atoms with van der Waals surface area (Å²) in [7, 11) is 0. The number of carbonyl (C=O) groups is 1. The maximum absolute atomic E-state index is 11.5. The van der Waals surface area contributed by atoms with Crippen molar-refractivity contribution in [3.05, 3.63) is 35.4 Å². The summed E-state index contributed by atoms with van der Waals surface area (Å²) in [4.78, 5) is 11.5. The maximum Gasteiger partial charge on any atom is 0.310 e. The monoisotopic (exact) mass is 236 g/mol. The summed E-state index contributed by atoms with van der Waals surface area (Å²) >= 11 is 0. The van der Waals surface area contributed by atoms with Crippen molar-refractivity contribution < 1.29 is 9.53 Å². The molecule has 1 aromatic rings. The first-order chi connectivity index (χ1) is 7.87. The Hall–Kier alpha value is -1.31. The van der Waals surface area contributed by atoms with E-state index in [-0.39, 0.29) is 5.97 Å². The molecular formula is C15H24O2. The van der Waals surface area contributed by atoms with Gasteiger partial charge in [-0.05, 0) is 33.3 Å². The molecule has 17 heavy (non-hydrogen) atoms. The summed E-state index contributed by atoms with van der Waals surface area (Å²) in [6.45, 7) is 11.7. The molecule has 0 aliphatic carbocycles. The number of benzene rings is 1. The van der Waals surface area contributed by atoms with Gasteiger partial charge < -0.3 is 4.74 Å². The van der Waals surface area contributed by atoms with Gasteiger partial charge in [0.15, 0.2) is 0 Å². The van der Waals surface area contributed by atoms with E-state index >= 15 is 0 Å². The van der Waals surface area contributed by atoms with Crippen LogP contribution in [-0.2, 0) is 16.0 Å². The highest BCUT2D eigenvalue weighted by atomic mass is 16.6. The molecule has 0 saturated carbocycles. The molecule has 0 saturated heterocycles. The molecule has 0 heterocycles. The second-order valence-electron chi connectivity index (χ2n) is 4.75. The Balaban J connectivity index is 0.00000121. The third-order valence-corrected chi connectivity index (χ3v) is 1.89. The van der Waals surface area contributed by atoms with Crippen LogP contribution in [0.3, 0.4) is 0 Å². The Morgan fingerprint density at radius 3 is 2.00 bits per heavy atom. The van der Waals surface area contributed by atoms with Gasteiger partial charge in [-0.3, -0.25) is 4.79 Å². The van der Waals surface area contributed by atoms with Gasteiger partial charge in [0, 0.05) is 0 Å². The van der Waals surface area contributed by atoms with E-state index in [1.54, 1.807) is 0 Å². The van der Waals surface area contributed by atoms with Crippen LogP contribution in [0.2, 0.25) is 0 Å². The lowest BCUT2D eigenvalue weighted by atomic mass is 10.1. The van der Waals surface area contributed by atoms with E-state index in [9.17, 15) is 4.79 Å². The lowest BCUT2D eigenvalue weighted by Gasteiger charge is -2.19. The average molecular weight is 236 g/mol. The topological polar surface area (TPSA) is 26.3 Å². The van der Waals surface area contributed by atoms with Gasteiger partial charge in [-0.2, -0.15) is 0 Å². The molecule has 2 heteroatoms. The normalized spacial score (nSPS) is 10.2. The third kappa shape index (κ3) is 7.56. The van der Waals surface area contributed by atoms with Crippen molar-refractivity contribution in [3.8, 4) is 0 Å². The van der Waals surface area contributed by atoms with Gasteiger partial charge in [-0.15, -0.1) is 0 Å². The van der Waals surface area contributed by atoms with Crippen LogP contribution in [-0.4, -0.2) is 11.6 Å². The molecule has 0 amide bonds. The largest absolute Gasteiger partial charge is 0.460 e. The SMILES string of the molecule is CC.Cc1ccc(CC(=O)OC(C)(C)C)cc1. The molecule has 1 aromatic carbocycles. The summed E-state index contributed by atoms with van der Waals surface area (Å²) in [6, 6.07) is 7.91. The fourth-order valence-electron chi connectivity index (χ4n) is 1.25. The standard InChI is InChI=1S/C13H18O2.C2H6/c1-10-5-7-11(8-6-10)9-12(14)15-13(2,3)4;1-2/h5-8H,9H2,1-4H3;1-2H3. The minimum Gasteiger partial charge on any atom is -0.460 e. The Morgan fingerprint density at radius 2 is 1.59 bits per heavy atom. The van der Waals surface area contributed by atoms with Crippen molar-refractivity contribution >= 4 is 5.97 Å². The molecule has 96 valence electrons. The molecule has 0 atom stereocenters. The first-order valence-electron chi connectivity index (χ1n) is 6.14. The van der Waals surface area contributed by atoms with Gasteiger partial charge in [-0.25, -0.2) is 0 Å². The van der Waals surface area contributed by atoms with Crippen LogP contribution in [0.5, 0.6) is 0 Å². The Kier molecular flexibility index (Phi) is 6.55. The van der Waals surface area contributed by atoms with Gasteiger partial charge in [0.1, 0.15) is 5.60 Å². The van der Waals surface area contributed by atoms with Gasteiger partial charge >= 0.3 is 5.97 Å². The third-order valence-electron chi connectivity index (χ3n) is 1.89. The number of ether oxygens (including phenoxy) is 1. The lowest BCUT2D eigenvalue weighted by Crippen LogP contribution is -2.24. The smallest absolute Gasteiger partial charge is 0.310 e. The van der Waals surface area contributed by atoms with Crippen LogP contribution >= 0.6 is 0 Å². The second-order valence-corrected chi connectivity index (χ2v) is 4.75. The van der Waals surface area contributed by atoms with E-state index in [1.165, 1.54) is 5.56 Å². The van der Waals surface area contributed by atoms with Crippen molar-refractivity contribution in [2.45, 2.75) is 53.6 Å². The zero-order valence-electron chi connectivity index (χ0n) is 11.8. The van der Waals surface area contributed by atoms with E-state index in [4.69, 9.17) is 4.74 Å². The molecule has 0 N–H and O–H groups in total. The molecule has 2 nitrogen and oxygen atoms in total. The predicted molar refractivity (Wildman–Crippen MR) is 72.1 cm³/mol. The highest BCUT2D eigenvalue weighted by Gasteiger charge is 2.16. The quantitative estimate of drug-likeness (QED) is 0.728. The van der Waals surface area contributed by atoms with E-state index in [1.807, 2.05) is 65.8 Å². The predicted octanol–water partition coefficient (Wildman–Crippen LogP) is 3.91. The van der Waals surface area contributed by atoms with Crippen LogP contribution in [0.15, 0.2) is 24.3 Å². The molecule has 0 aromatic heterocycles. The van der Waals surface area contributed by atoms with E-state index in [0.29, 0.717) is 6.42 Å². The molecule has 0 aliphatic rings. The van der Waals surface area contributed by atoms with Gasteiger partial charge in [0.2, 0.25) is 0 Å². The lowest BCUT2D eigenvalue weighted by molar-refractivity contribution is -0.153. The summed E-state index contributed by atoms with van der Waals surface area (Å²) in [5, 5.41) is 0. The van der Waals surface area contributed by atoms with E-state index in [2.05, 4.69) is 0 Å². The number of hydrogen-bond donors (Lipinski definition) is 0. The van der Waals surface area contributed by atoms with Crippen LogP contribution in [0, 0.1) is 6.92 Å².